The van der Waals surface area contributed by atoms with Gasteiger partial charge in [0, 0.05) is 69.1 Å². The van der Waals surface area contributed by atoms with Crippen molar-refractivity contribution in [3.8, 4) is 12.1 Å². The molecule has 0 aromatic heterocycles. The molecule has 83 heavy (non-hydrogen) atoms. The minimum atomic E-state index is -3.08. The Balaban J connectivity index is 0.000000302. The molecule has 0 heterocycles. The van der Waals surface area contributed by atoms with Gasteiger partial charge in [0.2, 0.25) is 11.8 Å². The summed E-state index contributed by atoms with van der Waals surface area (Å²) in [7, 11) is -3.08. The van der Waals surface area contributed by atoms with Gasteiger partial charge < -0.3 is 40.5 Å². The highest BCUT2D eigenvalue weighted by atomic mass is 31.2. The van der Waals surface area contributed by atoms with E-state index < -0.39 is 66.2 Å². The minimum absolute atomic E-state index is 0.0337. The topological polar surface area (TPSA) is 223 Å². The van der Waals surface area contributed by atoms with Crippen molar-refractivity contribution in [1.29, 1.82) is 10.5 Å². The maximum Gasteiger partial charge on any atom is 0.344 e. The van der Waals surface area contributed by atoms with Crippen molar-refractivity contribution in [2.75, 3.05) is 32.5 Å². The van der Waals surface area contributed by atoms with Gasteiger partial charge in [0.05, 0.1) is 49.6 Å². The fourth-order valence-corrected chi connectivity index (χ4v) is 11.7. The van der Waals surface area contributed by atoms with Gasteiger partial charge >= 0.3 is 7.60 Å². The molecule has 6 N–H and O–H groups in total. The molecular formula is C64H85F4N6O8P. The summed E-state index contributed by atoms with van der Waals surface area (Å²) in [6.07, 6.45) is 4.69. The lowest BCUT2D eigenvalue weighted by atomic mass is 9.73. The summed E-state index contributed by atoms with van der Waals surface area (Å²) >= 11 is 0. The SMILES string of the molecule is CC(=O)N[C@@H](Cc1cc(F)cc(F)c1)[C@H](O)CNC1(c2cccc(C(C)(C)C)c2)CCC(=CC#N)CC1.CC(=O)N[C@@H](Cc1cc(F)cc(F)c1)[C@H](O)CNC1(c2cccc(C(C)(C)C)c2)CCC(=O)CC1.CCOP(=O)(CC#N)OCC. The molecule has 2 fully saturated rings. The first-order valence-electron chi connectivity index (χ1n) is 28.3. The van der Waals surface area contributed by atoms with Gasteiger partial charge in [-0.1, -0.05) is 95.6 Å². The Kier molecular flexibility index (Phi) is 26.5. The van der Waals surface area contributed by atoms with E-state index in [4.69, 9.17) is 19.6 Å². The van der Waals surface area contributed by atoms with E-state index in [1.54, 1.807) is 26.0 Å². The van der Waals surface area contributed by atoms with Crippen molar-refractivity contribution in [2.45, 2.75) is 180 Å². The Morgan fingerprint density at radius 3 is 1.35 bits per heavy atom. The van der Waals surface area contributed by atoms with E-state index in [-0.39, 0.29) is 60.5 Å². The van der Waals surface area contributed by atoms with Crippen LogP contribution in [0.3, 0.4) is 0 Å². The number of aliphatic hydroxyl groups excluding tert-OH is 2. The monoisotopic (exact) mass is 1170 g/mol. The molecule has 14 nitrogen and oxygen atoms in total. The standard InChI is InChI=1S/C30H37F2N3O2.C28H36F2N2O3.C6H12NO3P/c1-20(36)35-27(16-22-14-25(31)18-26(32)15-22)28(37)19-34-30(11-8-21(9-12-30)10-13-33)24-7-5-6-23(17-24)29(2,3)4;1-18(33)32-25(14-19-12-22(29)16-23(30)13-19)26(35)17-31-28(10-8-24(34)9-11-28)21-7-5-6-20(15-21)27(2,3)4;1-3-9-11(8,6-5-7)10-4-2/h5-7,10,14-15,17-18,27-28,34,37H,8-9,11-12,16,19H2,1-4H3,(H,35,36);5-7,12-13,15-16,25-26,31,35H,8-11,14,17H2,1-4H3,(H,32,33);3-4,6H2,1-2H3/t27-,28+,30?;25-,26+;/m00./s1. The number of ketones is 1. The second-order valence-electron chi connectivity index (χ2n) is 23.5. The zero-order valence-electron chi connectivity index (χ0n) is 49.8. The fraction of sp³-hybridized carbons (Fsp3) is 0.516. The van der Waals surface area contributed by atoms with Crippen molar-refractivity contribution >= 4 is 25.2 Å². The summed E-state index contributed by atoms with van der Waals surface area (Å²) in [5, 5.41) is 52.1. The van der Waals surface area contributed by atoms with Gasteiger partial charge in [-0.3, -0.25) is 18.9 Å². The Bertz CT molecular complexity index is 2910. The molecule has 4 aromatic rings. The number of hydrogen-bond acceptors (Lipinski definition) is 12. The number of nitrogens with one attached hydrogen (secondary N) is 4. The number of nitrogens with zero attached hydrogens (tertiary/aromatic N) is 2. The van der Waals surface area contributed by atoms with E-state index in [0.717, 1.165) is 54.5 Å². The first-order chi connectivity index (χ1) is 39.0. The number of amides is 2. The number of allylic oxidation sites excluding steroid dienone is 2. The molecule has 6 rings (SSSR count). The molecule has 0 spiro atoms. The van der Waals surface area contributed by atoms with Gasteiger partial charge in [-0.25, -0.2) is 17.6 Å². The predicted octanol–water partition coefficient (Wildman–Crippen LogP) is 11.3. The number of benzene rings is 4. The first-order valence-corrected chi connectivity index (χ1v) is 30.1. The molecule has 0 aliphatic heterocycles. The zero-order valence-corrected chi connectivity index (χ0v) is 50.7. The van der Waals surface area contributed by atoms with Gasteiger partial charge in [-0.2, -0.15) is 10.5 Å². The Labute approximate surface area is 488 Å². The minimum Gasteiger partial charge on any atom is -0.390 e. The third-order valence-corrected chi connectivity index (χ3v) is 16.7. The van der Waals surface area contributed by atoms with E-state index in [9.17, 15) is 46.7 Å². The van der Waals surface area contributed by atoms with Gasteiger partial charge in [-0.15, -0.1) is 0 Å². The van der Waals surface area contributed by atoms with Crippen LogP contribution in [0.2, 0.25) is 0 Å². The van der Waals surface area contributed by atoms with Crippen LogP contribution < -0.4 is 21.3 Å². The van der Waals surface area contributed by atoms with Crippen molar-refractivity contribution in [2.24, 2.45) is 0 Å². The lowest BCUT2D eigenvalue weighted by molar-refractivity contribution is -0.122. The highest BCUT2D eigenvalue weighted by Crippen LogP contribution is 2.47. The molecular weight excluding hydrogens is 1090 g/mol. The van der Waals surface area contributed by atoms with Crippen LogP contribution in [0.25, 0.3) is 0 Å². The van der Waals surface area contributed by atoms with E-state index in [1.165, 1.54) is 49.2 Å². The molecule has 0 saturated heterocycles. The summed E-state index contributed by atoms with van der Waals surface area (Å²) in [5.74, 6) is -3.29. The van der Waals surface area contributed by atoms with Crippen LogP contribution >= 0.6 is 7.60 Å². The average Bonchev–Trinajstić information content (AvgIpc) is 3.61. The van der Waals surface area contributed by atoms with Crippen molar-refractivity contribution in [3.05, 3.63) is 153 Å². The normalized spacial score (nSPS) is 17.6. The van der Waals surface area contributed by atoms with Gasteiger partial charge in [0.25, 0.3) is 0 Å². The van der Waals surface area contributed by atoms with Crippen molar-refractivity contribution < 1.29 is 55.8 Å². The number of carbonyl (C=O) groups is 3. The quantitative estimate of drug-likeness (QED) is 0.0261. The second-order valence-corrected chi connectivity index (χ2v) is 25.6. The zero-order chi connectivity index (χ0) is 61.8. The van der Waals surface area contributed by atoms with Gasteiger partial charge in [0.15, 0.2) is 0 Å². The maximum atomic E-state index is 13.7. The average molecular weight is 1170 g/mol. The number of aliphatic hydroxyl groups is 2. The number of hydrogen-bond donors (Lipinski definition) is 6. The number of halogens is 4. The van der Waals surface area contributed by atoms with E-state index in [2.05, 4.69) is 105 Å². The highest BCUT2D eigenvalue weighted by molar-refractivity contribution is 7.54. The number of nitriles is 2. The molecule has 19 heteroatoms. The van der Waals surface area contributed by atoms with Crippen LogP contribution in [0.5, 0.6) is 0 Å². The lowest BCUT2D eigenvalue weighted by Crippen LogP contribution is -2.53. The molecule has 0 radical (unpaired) electrons. The van der Waals surface area contributed by atoms with E-state index >= 15 is 0 Å². The molecule has 452 valence electrons. The van der Waals surface area contributed by atoms with E-state index in [1.807, 2.05) is 12.1 Å². The molecule has 0 bridgehead atoms. The van der Waals surface area contributed by atoms with E-state index in [0.29, 0.717) is 50.0 Å². The van der Waals surface area contributed by atoms with Crippen LogP contribution in [-0.2, 0) is 62.7 Å². The second kappa shape index (κ2) is 31.7. The lowest BCUT2D eigenvalue weighted by Gasteiger charge is -2.41. The number of carbonyl (C=O) groups excluding carboxylic acids is 3. The van der Waals surface area contributed by atoms with Gasteiger partial charge in [-0.05, 0) is 134 Å². The summed E-state index contributed by atoms with van der Waals surface area (Å²) in [5.41, 5.74) is 5.36. The van der Waals surface area contributed by atoms with Crippen LogP contribution in [0, 0.1) is 45.9 Å². The van der Waals surface area contributed by atoms with Crippen LogP contribution in [-0.4, -0.2) is 84.6 Å². The molecule has 4 aromatic carbocycles. The third kappa shape index (κ3) is 22.1. The van der Waals surface area contributed by atoms with Gasteiger partial charge in [0.1, 0.15) is 35.2 Å². The molecule has 2 saturated carbocycles. The largest absolute Gasteiger partial charge is 0.390 e. The first kappa shape index (κ1) is 69.4. The summed E-state index contributed by atoms with van der Waals surface area (Å²) in [6, 6.07) is 25.6. The number of Topliss-reactive ketones (excluding diaryl/α,β-unsaturated/α-hetero) is 1. The number of rotatable bonds is 21. The summed E-state index contributed by atoms with van der Waals surface area (Å²) in [6.45, 7) is 20.0. The Morgan fingerprint density at radius 2 is 1.02 bits per heavy atom. The van der Waals surface area contributed by atoms with Crippen LogP contribution in [0.1, 0.15) is 154 Å². The maximum absolute atomic E-state index is 13.7. The predicted molar refractivity (Wildman–Crippen MR) is 314 cm³/mol. The Hall–Kier alpha value is -6.08. The molecule has 2 amide bonds. The molecule has 4 atom stereocenters. The third-order valence-electron chi connectivity index (χ3n) is 14.9. The molecule has 2 aliphatic carbocycles. The van der Waals surface area contributed by atoms with Crippen molar-refractivity contribution in [1.82, 2.24) is 21.3 Å². The highest BCUT2D eigenvalue weighted by Gasteiger charge is 2.39. The smallest absolute Gasteiger partial charge is 0.344 e. The van der Waals surface area contributed by atoms with Crippen LogP contribution in [0.15, 0.2) is 96.6 Å². The molecule has 2 aliphatic rings. The fourth-order valence-electron chi connectivity index (χ4n) is 10.4. The van der Waals surface area contributed by atoms with Crippen molar-refractivity contribution in [3.63, 3.8) is 0 Å². The van der Waals surface area contributed by atoms with Crippen LogP contribution in [0.4, 0.5) is 17.6 Å². The summed E-state index contributed by atoms with van der Waals surface area (Å²) in [4.78, 5) is 35.7. The molecule has 0 unspecified atom stereocenters. The summed E-state index contributed by atoms with van der Waals surface area (Å²) < 4.78 is 75.9. The Morgan fingerprint density at radius 1 is 0.651 bits per heavy atom.